The summed E-state index contributed by atoms with van der Waals surface area (Å²) < 4.78 is 0. The monoisotopic (exact) mass is 191 g/mol. The fraction of sp³-hybridized carbons (Fsp3) is 0.538. The van der Waals surface area contributed by atoms with Gasteiger partial charge in [0.2, 0.25) is 0 Å². The summed E-state index contributed by atoms with van der Waals surface area (Å²) in [5.41, 5.74) is 4.28. The topological polar surface area (TPSA) is 12.0 Å². The predicted molar refractivity (Wildman–Crippen MR) is 62.6 cm³/mol. The Morgan fingerprint density at radius 3 is 2.21 bits per heavy atom. The van der Waals surface area contributed by atoms with Crippen molar-refractivity contribution in [2.24, 2.45) is 0 Å². The van der Waals surface area contributed by atoms with Gasteiger partial charge in [0.1, 0.15) is 0 Å². The fourth-order valence-corrected chi connectivity index (χ4v) is 2.10. The van der Waals surface area contributed by atoms with E-state index in [4.69, 9.17) is 0 Å². The van der Waals surface area contributed by atoms with Crippen molar-refractivity contribution in [1.29, 1.82) is 0 Å². The maximum absolute atomic E-state index is 3.40. The van der Waals surface area contributed by atoms with Crippen molar-refractivity contribution < 1.29 is 0 Å². The van der Waals surface area contributed by atoms with Crippen molar-refractivity contribution in [3.05, 3.63) is 34.9 Å². The maximum Gasteiger partial charge on any atom is 0.0322 e. The SMILES string of the molecule is CCCC(NC)c1c(C)cccc1C. The number of aryl methyl sites for hydroxylation is 2. The summed E-state index contributed by atoms with van der Waals surface area (Å²) in [5.74, 6) is 0. The van der Waals surface area contributed by atoms with Crippen LogP contribution < -0.4 is 5.32 Å². The fourth-order valence-electron chi connectivity index (χ4n) is 2.10. The molecule has 1 atom stereocenters. The lowest BCUT2D eigenvalue weighted by Crippen LogP contribution is -2.18. The molecule has 14 heavy (non-hydrogen) atoms. The van der Waals surface area contributed by atoms with Crippen molar-refractivity contribution in [2.75, 3.05) is 7.05 Å². The highest BCUT2D eigenvalue weighted by atomic mass is 14.9. The molecule has 0 saturated heterocycles. The van der Waals surface area contributed by atoms with Crippen molar-refractivity contribution >= 4 is 0 Å². The Labute approximate surface area is 87.5 Å². The molecule has 1 heteroatoms. The summed E-state index contributed by atoms with van der Waals surface area (Å²) in [5, 5.41) is 3.40. The summed E-state index contributed by atoms with van der Waals surface area (Å²) >= 11 is 0. The summed E-state index contributed by atoms with van der Waals surface area (Å²) in [6.45, 7) is 6.63. The molecule has 0 bridgehead atoms. The van der Waals surface area contributed by atoms with E-state index in [2.05, 4.69) is 44.3 Å². The maximum atomic E-state index is 3.40. The van der Waals surface area contributed by atoms with E-state index < -0.39 is 0 Å². The molecular formula is C13H21N. The molecular weight excluding hydrogens is 170 g/mol. The molecule has 0 aliphatic carbocycles. The summed E-state index contributed by atoms with van der Waals surface area (Å²) in [6, 6.07) is 7.04. The number of nitrogens with one attached hydrogen (secondary N) is 1. The van der Waals surface area contributed by atoms with E-state index in [0.717, 1.165) is 0 Å². The Kier molecular flexibility index (Phi) is 4.15. The average molecular weight is 191 g/mol. The second kappa shape index (κ2) is 5.16. The van der Waals surface area contributed by atoms with E-state index in [0.29, 0.717) is 6.04 Å². The summed E-state index contributed by atoms with van der Waals surface area (Å²) in [7, 11) is 2.05. The van der Waals surface area contributed by atoms with Crippen molar-refractivity contribution in [2.45, 2.75) is 39.7 Å². The van der Waals surface area contributed by atoms with Crippen LogP contribution in [0.4, 0.5) is 0 Å². The second-order valence-electron chi connectivity index (χ2n) is 3.94. The van der Waals surface area contributed by atoms with Crippen LogP contribution in [0.15, 0.2) is 18.2 Å². The number of rotatable bonds is 4. The van der Waals surface area contributed by atoms with Gasteiger partial charge in [-0.15, -0.1) is 0 Å². The normalized spacial score (nSPS) is 12.9. The van der Waals surface area contributed by atoms with Crippen LogP contribution in [-0.2, 0) is 0 Å². The van der Waals surface area contributed by atoms with Crippen LogP contribution in [0.3, 0.4) is 0 Å². The van der Waals surface area contributed by atoms with Crippen LogP contribution >= 0.6 is 0 Å². The first-order valence-corrected chi connectivity index (χ1v) is 5.44. The molecule has 0 aliphatic heterocycles. The molecule has 0 heterocycles. The van der Waals surface area contributed by atoms with E-state index in [1.54, 1.807) is 0 Å². The van der Waals surface area contributed by atoms with Gasteiger partial charge in [-0.3, -0.25) is 0 Å². The van der Waals surface area contributed by atoms with Gasteiger partial charge in [0.05, 0.1) is 0 Å². The zero-order valence-corrected chi connectivity index (χ0v) is 9.72. The van der Waals surface area contributed by atoms with E-state index >= 15 is 0 Å². The van der Waals surface area contributed by atoms with Crippen LogP contribution in [0, 0.1) is 13.8 Å². The van der Waals surface area contributed by atoms with Gasteiger partial charge < -0.3 is 5.32 Å². The molecule has 0 spiro atoms. The highest BCUT2D eigenvalue weighted by Crippen LogP contribution is 2.24. The van der Waals surface area contributed by atoms with Crippen LogP contribution in [0.25, 0.3) is 0 Å². The molecule has 0 aliphatic rings. The molecule has 0 fully saturated rings. The minimum absolute atomic E-state index is 0.515. The van der Waals surface area contributed by atoms with Crippen LogP contribution in [0.5, 0.6) is 0 Å². The third-order valence-corrected chi connectivity index (χ3v) is 2.82. The highest BCUT2D eigenvalue weighted by Gasteiger charge is 2.12. The van der Waals surface area contributed by atoms with Crippen LogP contribution in [0.2, 0.25) is 0 Å². The van der Waals surface area contributed by atoms with Crippen LogP contribution in [-0.4, -0.2) is 7.05 Å². The molecule has 0 radical (unpaired) electrons. The Balaban J connectivity index is 3.02. The predicted octanol–water partition coefficient (Wildman–Crippen LogP) is 3.36. The minimum Gasteiger partial charge on any atom is -0.313 e. The van der Waals surface area contributed by atoms with Gasteiger partial charge in [0, 0.05) is 6.04 Å². The standard InChI is InChI=1S/C13H21N/c1-5-7-12(14-4)13-10(2)8-6-9-11(13)3/h6,8-9,12,14H,5,7H2,1-4H3. The first-order chi connectivity index (χ1) is 6.70. The molecule has 1 unspecified atom stereocenters. The average Bonchev–Trinajstić information content (AvgIpc) is 2.16. The highest BCUT2D eigenvalue weighted by molar-refractivity contribution is 5.36. The third-order valence-electron chi connectivity index (χ3n) is 2.82. The Bertz CT molecular complexity index is 271. The van der Waals surface area contributed by atoms with Gasteiger partial charge in [0.15, 0.2) is 0 Å². The number of benzene rings is 1. The molecule has 1 rings (SSSR count). The molecule has 1 nitrogen and oxygen atoms in total. The first kappa shape index (κ1) is 11.3. The van der Waals surface area contributed by atoms with Crippen molar-refractivity contribution in [3.8, 4) is 0 Å². The molecule has 1 aromatic rings. The van der Waals surface area contributed by atoms with E-state index in [9.17, 15) is 0 Å². The lowest BCUT2D eigenvalue weighted by atomic mass is 9.93. The molecule has 0 saturated carbocycles. The number of hydrogen-bond acceptors (Lipinski definition) is 1. The van der Waals surface area contributed by atoms with Gasteiger partial charge in [-0.1, -0.05) is 31.5 Å². The quantitative estimate of drug-likeness (QED) is 0.769. The van der Waals surface area contributed by atoms with E-state index in [-0.39, 0.29) is 0 Å². The molecule has 0 amide bonds. The molecule has 78 valence electrons. The minimum atomic E-state index is 0.515. The van der Waals surface area contributed by atoms with Gasteiger partial charge in [-0.2, -0.15) is 0 Å². The zero-order chi connectivity index (χ0) is 10.6. The van der Waals surface area contributed by atoms with Crippen LogP contribution in [0.1, 0.15) is 42.5 Å². The van der Waals surface area contributed by atoms with Crippen molar-refractivity contribution in [1.82, 2.24) is 5.32 Å². The largest absolute Gasteiger partial charge is 0.313 e. The van der Waals surface area contributed by atoms with Gasteiger partial charge >= 0.3 is 0 Å². The Hall–Kier alpha value is -0.820. The zero-order valence-electron chi connectivity index (χ0n) is 9.72. The Morgan fingerprint density at radius 1 is 1.21 bits per heavy atom. The van der Waals surface area contributed by atoms with Gasteiger partial charge in [-0.05, 0) is 44.0 Å². The van der Waals surface area contributed by atoms with E-state index in [1.807, 2.05) is 7.05 Å². The van der Waals surface area contributed by atoms with E-state index in [1.165, 1.54) is 29.5 Å². The first-order valence-electron chi connectivity index (χ1n) is 5.44. The summed E-state index contributed by atoms with van der Waals surface area (Å²) in [4.78, 5) is 0. The summed E-state index contributed by atoms with van der Waals surface area (Å²) in [6.07, 6.45) is 2.43. The molecule has 1 N–H and O–H groups in total. The Morgan fingerprint density at radius 2 is 1.79 bits per heavy atom. The lowest BCUT2D eigenvalue weighted by Gasteiger charge is -2.20. The van der Waals surface area contributed by atoms with Gasteiger partial charge in [0.25, 0.3) is 0 Å². The second-order valence-corrected chi connectivity index (χ2v) is 3.94. The smallest absolute Gasteiger partial charge is 0.0322 e. The lowest BCUT2D eigenvalue weighted by molar-refractivity contribution is 0.537. The van der Waals surface area contributed by atoms with Crippen molar-refractivity contribution in [3.63, 3.8) is 0 Å². The van der Waals surface area contributed by atoms with Gasteiger partial charge in [-0.25, -0.2) is 0 Å². The third kappa shape index (κ3) is 2.36. The molecule has 0 aromatic heterocycles. The molecule has 1 aromatic carbocycles. The number of hydrogen-bond donors (Lipinski definition) is 1.